The molecule has 0 amide bonds. The molecule has 2 aromatic rings. The van der Waals surface area contributed by atoms with Crippen molar-refractivity contribution in [2.45, 2.75) is 24.5 Å². The Balaban J connectivity index is 2.06. The Morgan fingerprint density at radius 1 is 1.37 bits per heavy atom. The molecule has 0 radical (unpaired) electrons. The number of aliphatic hydroxyl groups is 3. The summed E-state index contributed by atoms with van der Waals surface area (Å²) in [5.41, 5.74) is -0.0608. The van der Waals surface area contributed by atoms with Crippen LogP contribution < -0.4 is 5.56 Å². The maximum Gasteiger partial charge on any atom is 0.278 e. The number of rotatable bonds is 2. The van der Waals surface area contributed by atoms with Crippen LogP contribution >= 0.6 is 0 Å². The Morgan fingerprint density at radius 3 is 2.84 bits per heavy atom. The van der Waals surface area contributed by atoms with Crippen molar-refractivity contribution in [3.8, 4) is 0 Å². The molecule has 9 heteroatoms. The van der Waals surface area contributed by atoms with E-state index in [9.17, 15) is 15.0 Å². The van der Waals surface area contributed by atoms with E-state index in [4.69, 9.17) is 9.84 Å². The zero-order valence-electron chi connectivity index (χ0n) is 9.67. The second kappa shape index (κ2) is 4.38. The van der Waals surface area contributed by atoms with Gasteiger partial charge in [0.05, 0.1) is 19.3 Å². The number of imidazole rings is 1. The van der Waals surface area contributed by atoms with Gasteiger partial charge in [-0.15, -0.1) is 0 Å². The van der Waals surface area contributed by atoms with E-state index in [1.807, 2.05) is 0 Å². The highest BCUT2D eigenvalue weighted by molar-refractivity contribution is 5.68. The van der Waals surface area contributed by atoms with Crippen LogP contribution in [0.15, 0.2) is 17.4 Å². The molecule has 0 bridgehead atoms. The Labute approximate surface area is 106 Å². The van der Waals surface area contributed by atoms with Crippen molar-refractivity contribution in [3.05, 3.63) is 23.0 Å². The topological polar surface area (TPSA) is 133 Å². The zero-order valence-corrected chi connectivity index (χ0v) is 9.67. The van der Waals surface area contributed by atoms with E-state index in [2.05, 4.69) is 15.0 Å². The van der Waals surface area contributed by atoms with Gasteiger partial charge in [-0.2, -0.15) is 0 Å². The van der Waals surface area contributed by atoms with Crippen LogP contribution in [0, 0.1) is 0 Å². The van der Waals surface area contributed by atoms with Crippen LogP contribution in [0.4, 0.5) is 0 Å². The number of H-pyrrole nitrogens is 1. The fourth-order valence-electron chi connectivity index (χ4n) is 2.16. The van der Waals surface area contributed by atoms with Crippen molar-refractivity contribution >= 4 is 11.2 Å². The Bertz CT molecular complexity index is 653. The molecule has 4 N–H and O–H groups in total. The second-order valence-corrected chi connectivity index (χ2v) is 4.28. The largest absolute Gasteiger partial charge is 0.394 e. The quantitative estimate of drug-likeness (QED) is 0.482. The minimum absolute atomic E-state index is 0.111. The molecule has 2 aromatic heterocycles. The average Bonchev–Trinajstić information content (AvgIpc) is 2.94. The third-order valence-corrected chi connectivity index (χ3v) is 3.16. The molecular weight excluding hydrogens is 256 g/mol. The van der Waals surface area contributed by atoms with Gasteiger partial charge in [-0.3, -0.25) is 9.36 Å². The number of nitrogens with zero attached hydrogens (tertiary/aromatic N) is 3. The molecule has 0 aliphatic carbocycles. The van der Waals surface area contributed by atoms with Gasteiger partial charge in [-0.25, -0.2) is 9.97 Å². The molecule has 3 heterocycles. The predicted molar refractivity (Wildman–Crippen MR) is 61.2 cm³/mol. The lowest BCUT2D eigenvalue weighted by molar-refractivity contribution is -0.0511. The summed E-state index contributed by atoms with van der Waals surface area (Å²) in [6, 6.07) is 0. The molecule has 0 saturated carbocycles. The van der Waals surface area contributed by atoms with Crippen molar-refractivity contribution in [2.24, 2.45) is 0 Å². The molecule has 19 heavy (non-hydrogen) atoms. The lowest BCUT2D eigenvalue weighted by Crippen LogP contribution is -2.33. The van der Waals surface area contributed by atoms with E-state index in [-0.39, 0.29) is 11.2 Å². The fraction of sp³-hybridized carbons (Fsp3) is 0.500. The van der Waals surface area contributed by atoms with Gasteiger partial charge in [0.15, 0.2) is 17.4 Å². The highest BCUT2D eigenvalue weighted by Gasteiger charge is 2.43. The van der Waals surface area contributed by atoms with Crippen LogP contribution in [0.3, 0.4) is 0 Å². The maximum atomic E-state index is 11.5. The molecule has 0 aromatic carbocycles. The van der Waals surface area contributed by atoms with E-state index in [1.165, 1.54) is 17.2 Å². The Hall–Kier alpha value is -1.81. The minimum atomic E-state index is -1.24. The summed E-state index contributed by atoms with van der Waals surface area (Å²) in [7, 11) is 0. The summed E-state index contributed by atoms with van der Waals surface area (Å²) < 4.78 is 6.70. The van der Waals surface area contributed by atoms with E-state index in [1.54, 1.807) is 0 Å². The van der Waals surface area contributed by atoms with Gasteiger partial charge in [-0.05, 0) is 0 Å². The fourth-order valence-corrected chi connectivity index (χ4v) is 2.16. The Kier molecular flexibility index (Phi) is 2.82. The van der Waals surface area contributed by atoms with Crippen molar-refractivity contribution < 1.29 is 20.1 Å². The summed E-state index contributed by atoms with van der Waals surface area (Å²) >= 11 is 0. The van der Waals surface area contributed by atoms with Crippen LogP contribution in [0.5, 0.6) is 0 Å². The van der Waals surface area contributed by atoms with E-state index in [0.29, 0.717) is 0 Å². The van der Waals surface area contributed by atoms with Crippen LogP contribution in [-0.4, -0.2) is 59.8 Å². The molecule has 102 valence electrons. The van der Waals surface area contributed by atoms with E-state index >= 15 is 0 Å². The van der Waals surface area contributed by atoms with Crippen LogP contribution in [-0.2, 0) is 4.74 Å². The lowest BCUT2D eigenvalue weighted by Gasteiger charge is -2.16. The van der Waals surface area contributed by atoms with Crippen molar-refractivity contribution in [2.75, 3.05) is 6.61 Å². The van der Waals surface area contributed by atoms with Gasteiger partial charge in [-0.1, -0.05) is 0 Å². The standard InChI is InChI=1S/C10H12N4O5/c15-1-4-6(16)7(17)10(19-4)14-3-13-5-8(14)11-2-12-9(5)18/h2-4,6-7,10,15-17H,1H2,(H,11,12,18)/t4-,6+,7+,10+/m0/s1. The molecular formula is C10H12N4O5. The maximum absolute atomic E-state index is 11.5. The number of nitrogens with one attached hydrogen (secondary N) is 1. The molecule has 3 rings (SSSR count). The van der Waals surface area contributed by atoms with Gasteiger partial charge in [0.25, 0.3) is 5.56 Å². The van der Waals surface area contributed by atoms with Gasteiger partial charge >= 0.3 is 0 Å². The molecule has 1 fully saturated rings. The summed E-state index contributed by atoms with van der Waals surface area (Å²) in [5.74, 6) is 0. The van der Waals surface area contributed by atoms with Crippen molar-refractivity contribution in [3.63, 3.8) is 0 Å². The molecule has 1 aliphatic rings. The van der Waals surface area contributed by atoms with E-state index in [0.717, 1.165) is 0 Å². The molecule has 4 atom stereocenters. The number of ether oxygens (including phenoxy) is 1. The zero-order chi connectivity index (χ0) is 13.6. The third kappa shape index (κ3) is 1.75. The first-order valence-corrected chi connectivity index (χ1v) is 5.66. The van der Waals surface area contributed by atoms with Crippen molar-refractivity contribution in [1.29, 1.82) is 0 Å². The predicted octanol–water partition coefficient (Wildman–Crippen LogP) is -2.27. The summed E-state index contributed by atoms with van der Waals surface area (Å²) in [6.45, 7) is -0.421. The molecule has 1 aliphatic heterocycles. The van der Waals surface area contributed by atoms with Crippen molar-refractivity contribution in [1.82, 2.24) is 19.5 Å². The normalized spacial score (nSPS) is 31.1. The van der Waals surface area contributed by atoms with Crippen LogP contribution in [0.25, 0.3) is 11.2 Å². The number of aromatic amines is 1. The first-order valence-electron chi connectivity index (χ1n) is 5.66. The van der Waals surface area contributed by atoms with Gasteiger partial charge < -0.3 is 25.0 Å². The first-order chi connectivity index (χ1) is 9.13. The van der Waals surface area contributed by atoms with Crippen LogP contribution in [0.1, 0.15) is 6.23 Å². The lowest BCUT2D eigenvalue weighted by atomic mass is 10.1. The van der Waals surface area contributed by atoms with Gasteiger partial charge in [0.1, 0.15) is 18.3 Å². The molecule has 0 spiro atoms. The number of fused-ring (bicyclic) bond motifs is 1. The number of hydrogen-bond donors (Lipinski definition) is 4. The highest BCUT2D eigenvalue weighted by atomic mass is 16.6. The highest BCUT2D eigenvalue weighted by Crippen LogP contribution is 2.30. The SMILES string of the molecule is O=c1[nH]cnc2c1ncn2[C@@H]1O[C@@H](CO)[C@@H](O)[C@H]1O. The second-order valence-electron chi connectivity index (χ2n) is 4.28. The number of aliphatic hydroxyl groups excluding tert-OH is 3. The van der Waals surface area contributed by atoms with Gasteiger partial charge in [0, 0.05) is 0 Å². The monoisotopic (exact) mass is 268 g/mol. The minimum Gasteiger partial charge on any atom is -0.394 e. The number of hydrogen-bond acceptors (Lipinski definition) is 7. The van der Waals surface area contributed by atoms with Crippen LogP contribution in [0.2, 0.25) is 0 Å². The summed E-state index contributed by atoms with van der Waals surface area (Å²) in [4.78, 5) is 21.8. The molecule has 9 nitrogen and oxygen atoms in total. The summed E-state index contributed by atoms with van der Waals surface area (Å²) in [6.07, 6.45) is -1.78. The number of aromatic nitrogens is 4. The Morgan fingerprint density at radius 2 is 2.16 bits per heavy atom. The average molecular weight is 268 g/mol. The smallest absolute Gasteiger partial charge is 0.278 e. The first kappa shape index (κ1) is 12.2. The summed E-state index contributed by atoms with van der Waals surface area (Å²) in [5, 5.41) is 28.6. The molecule has 0 unspecified atom stereocenters. The van der Waals surface area contributed by atoms with E-state index < -0.39 is 36.7 Å². The molecule has 1 saturated heterocycles. The van der Waals surface area contributed by atoms with Gasteiger partial charge in [0.2, 0.25) is 0 Å². The third-order valence-electron chi connectivity index (χ3n) is 3.16.